The lowest BCUT2D eigenvalue weighted by Crippen LogP contribution is -2.28. The average molecular weight is 395 g/mol. The molecule has 154 valence electrons. The zero-order chi connectivity index (χ0) is 21.7. The molecule has 0 saturated carbocycles. The second-order valence-corrected chi connectivity index (χ2v) is 10.0. The van der Waals surface area contributed by atoms with Gasteiger partial charge in [-0.2, -0.15) is 5.26 Å². The largest absolute Gasteiger partial charge is 0.507 e. The minimum absolute atomic E-state index is 0.000748. The number of nitriles is 1. The second kappa shape index (κ2) is 6.95. The van der Waals surface area contributed by atoms with Gasteiger partial charge in [0.1, 0.15) is 23.2 Å². The molecule has 3 rings (SSSR count). The van der Waals surface area contributed by atoms with Crippen LogP contribution in [0, 0.1) is 11.3 Å². The monoisotopic (exact) mass is 394 g/mol. The molecule has 5 nitrogen and oxygen atoms in total. The molecule has 1 atom stereocenters. The maximum atomic E-state index is 12.9. The lowest BCUT2D eigenvalue weighted by molar-refractivity contribution is -0.116. The van der Waals surface area contributed by atoms with Crippen LogP contribution in [0.4, 0.5) is 0 Å². The number of nitrogens with two attached hydrogens (primary N) is 1. The third-order valence-corrected chi connectivity index (χ3v) is 5.69. The minimum atomic E-state index is -0.570. The van der Waals surface area contributed by atoms with Crippen molar-refractivity contribution in [3.63, 3.8) is 0 Å². The number of ether oxygens (including phenoxy) is 1. The van der Waals surface area contributed by atoms with Crippen LogP contribution >= 0.6 is 0 Å². The molecule has 1 aromatic carbocycles. The molecule has 5 heteroatoms. The Labute approximate surface area is 172 Å². The van der Waals surface area contributed by atoms with E-state index in [0.29, 0.717) is 24.2 Å². The first-order valence-electron chi connectivity index (χ1n) is 10.1. The van der Waals surface area contributed by atoms with Gasteiger partial charge in [-0.25, -0.2) is 0 Å². The van der Waals surface area contributed by atoms with Gasteiger partial charge in [0.15, 0.2) is 5.78 Å². The van der Waals surface area contributed by atoms with Gasteiger partial charge < -0.3 is 15.6 Å². The first-order chi connectivity index (χ1) is 13.4. The lowest BCUT2D eigenvalue weighted by atomic mass is 9.73. The molecule has 1 aromatic rings. The van der Waals surface area contributed by atoms with Gasteiger partial charge in [0.2, 0.25) is 5.88 Å². The number of nitrogens with zero attached hydrogens (tertiary/aromatic N) is 1. The highest BCUT2D eigenvalue weighted by atomic mass is 16.5. The van der Waals surface area contributed by atoms with Crippen LogP contribution in [0.2, 0.25) is 0 Å². The molecule has 0 saturated heterocycles. The Balaban J connectivity index is 2.35. The number of hydrogen-bond donors (Lipinski definition) is 2. The van der Waals surface area contributed by atoms with Gasteiger partial charge in [-0.3, -0.25) is 4.79 Å². The number of phenolic OH excluding ortho intramolecular Hbond substituents is 1. The van der Waals surface area contributed by atoms with E-state index in [0.717, 1.165) is 23.1 Å². The van der Waals surface area contributed by atoms with Gasteiger partial charge in [-0.15, -0.1) is 0 Å². The third kappa shape index (κ3) is 3.64. The lowest BCUT2D eigenvalue weighted by Gasteiger charge is -2.33. The van der Waals surface area contributed by atoms with Crippen molar-refractivity contribution in [1.82, 2.24) is 0 Å². The van der Waals surface area contributed by atoms with Crippen LogP contribution in [0.25, 0.3) is 0 Å². The van der Waals surface area contributed by atoms with Gasteiger partial charge in [-0.1, -0.05) is 53.7 Å². The van der Waals surface area contributed by atoms with E-state index in [4.69, 9.17) is 10.5 Å². The second-order valence-electron chi connectivity index (χ2n) is 10.0. The van der Waals surface area contributed by atoms with Crippen molar-refractivity contribution in [2.75, 3.05) is 0 Å². The van der Waals surface area contributed by atoms with Crippen molar-refractivity contribution in [3.8, 4) is 11.8 Å². The smallest absolute Gasteiger partial charge is 0.205 e. The fraction of sp³-hybridized carbons (Fsp3) is 0.500. The van der Waals surface area contributed by atoms with Crippen LogP contribution in [-0.4, -0.2) is 10.9 Å². The van der Waals surface area contributed by atoms with Gasteiger partial charge in [0, 0.05) is 18.4 Å². The maximum Gasteiger partial charge on any atom is 0.205 e. The zero-order valence-electron chi connectivity index (χ0n) is 18.1. The molecule has 2 aliphatic rings. The number of ketones is 1. The zero-order valence-corrected chi connectivity index (χ0v) is 18.1. The Morgan fingerprint density at radius 1 is 1.10 bits per heavy atom. The molecule has 0 amide bonds. The Morgan fingerprint density at radius 2 is 1.66 bits per heavy atom. The number of allylic oxidation sites excluding steroid dienone is 3. The first kappa shape index (κ1) is 21.0. The molecule has 0 aromatic heterocycles. The van der Waals surface area contributed by atoms with Gasteiger partial charge in [-0.05, 0) is 33.9 Å². The SMILES string of the molecule is CC(C)(C)c1cc(C2C(C#N)=C(N)OC3=C2C(=O)CCC3)cc(C(C)(C)C)c1O. The van der Waals surface area contributed by atoms with E-state index in [-0.39, 0.29) is 33.8 Å². The number of rotatable bonds is 1. The molecule has 1 unspecified atom stereocenters. The van der Waals surface area contributed by atoms with Crippen LogP contribution in [-0.2, 0) is 20.4 Å². The molecule has 0 radical (unpaired) electrons. The Morgan fingerprint density at radius 3 is 2.14 bits per heavy atom. The number of aromatic hydroxyl groups is 1. The highest BCUT2D eigenvalue weighted by Gasteiger charge is 2.39. The van der Waals surface area contributed by atoms with E-state index in [2.05, 4.69) is 6.07 Å². The maximum absolute atomic E-state index is 12.9. The summed E-state index contributed by atoms with van der Waals surface area (Å²) >= 11 is 0. The highest BCUT2D eigenvalue weighted by molar-refractivity contribution is 5.99. The van der Waals surface area contributed by atoms with E-state index < -0.39 is 5.92 Å². The van der Waals surface area contributed by atoms with Crippen LogP contribution in [0.5, 0.6) is 5.75 Å². The van der Waals surface area contributed by atoms with Crippen molar-refractivity contribution < 1.29 is 14.6 Å². The summed E-state index contributed by atoms with van der Waals surface area (Å²) in [6, 6.07) is 6.00. The van der Waals surface area contributed by atoms with Crippen LogP contribution in [0.1, 0.15) is 83.4 Å². The number of hydrogen-bond acceptors (Lipinski definition) is 5. The summed E-state index contributed by atoms with van der Waals surface area (Å²) in [6.07, 6.45) is 1.79. The molecule has 0 bridgehead atoms. The summed E-state index contributed by atoms with van der Waals surface area (Å²) in [4.78, 5) is 12.9. The number of Topliss-reactive ketones (excluding diaryl/α,β-unsaturated/α-hetero) is 1. The van der Waals surface area contributed by atoms with E-state index in [1.54, 1.807) is 0 Å². The van der Waals surface area contributed by atoms with Gasteiger partial charge in [0.25, 0.3) is 0 Å². The molecule has 0 spiro atoms. The summed E-state index contributed by atoms with van der Waals surface area (Å²) in [5.74, 6) is 0.332. The third-order valence-electron chi connectivity index (χ3n) is 5.69. The van der Waals surface area contributed by atoms with Gasteiger partial charge >= 0.3 is 0 Å². The topological polar surface area (TPSA) is 96.3 Å². The Bertz CT molecular complexity index is 944. The first-order valence-corrected chi connectivity index (χ1v) is 10.1. The standard InChI is InChI=1S/C24H30N2O3/c1-23(2,3)15-10-13(11-16(21(15)28)24(4,5)6)19-14(12-25)22(26)29-18-9-7-8-17(27)20(18)19/h10-11,19,28H,7-9,26H2,1-6H3. The van der Waals surface area contributed by atoms with E-state index in [1.165, 1.54) is 0 Å². The summed E-state index contributed by atoms with van der Waals surface area (Å²) in [5.41, 5.74) is 8.60. The van der Waals surface area contributed by atoms with Crippen molar-refractivity contribution in [2.45, 2.75) is 77.6 Å². The van der Waals surface area contributed by atoms with Crippen molar-refractivity contribution in [1.29, 1.82) is 5.26 Å². The number of carbonyl (C=O) groups is 1. The fourth-order valence-corrected chi connectivity index (χ4v) is 4.16. The number of benzene rings is 1. The molecule has 1 aliphatic heterocycles. The molecule has 1 aliphatic carbocycles. The van der Waals surface area contributed by atoms with E-state index in [1.807, 2.05) is 53.7 Å². The predicted octanol–water partition coefficient (Wildman–Crippen LogP) is 4.80. The van der Waals surface area contributed by atoms with Crippen molar-refractivity contribution >= 4 is 5.78 Å². The summed E-state index contributed by atoms with van der Waals surface area (Å²) in [5, 5.41) is 20.9. The van der Waals surface area contributed by atoms with E-state index in [9.17, 15) is 15.2 Å². The molecular weight excluding hydrogens is 364 g/mol. The van der Waals surface area contributed by atoms with Crippen molar-refractivity contribution in [3.05, 3.63) is 51.6 Å². The molecule has 3 N–H and O–H groups in total. The van der Waals surface area contributed by atoms with Crippen LogP contribution < -0.4 is 5.73 Å². The predicted molar refractivity (Wildman–Crippen MR) is 112 cm³/mol. The van der Waals surface area contributed by atoms with E-state index >= 15 is 0 Å². The number of carbonyl (C=O) groups excluding carboxylic acids is 1. The normalized spacial score (nSPS) is 20.3. The summed E-state index contributed by atoms with van der Waals surface area (Å²) in [6.45, 7) is 12.2. The average Bonchev–Trinajstić information content (AvgIpc) is 2.59. The fourth-order valence-electron chi connectivity index (χ4n) is 4.16. The van der Waals surface area contributed by atoms with Crippen LogP contribution in [0.15, 0.2) is 34.9 Å². The minimum Gasteiger partial charge on any atom is -0.507 e. The summed E-state index contributed by atoms with van der Waals surface area (Å²) < 4.78 is 5.68. The van der Waals surface area contributed by atoms with Crippen molar-refractivity contribution in [2.24, 2.45) is 5.73 Å². The highest BCUT2D eigenvalue weighted by Crippen LogP contribution is 2.47. The van der Waals surface area contributed by atoms with Gasteiger partial charge in [0.05, 0.1) is 5.92 Å². The molecular formula is C24H30N2O3. The molecule has 1 heterocycles. The number of phenols is 1. The Hall–Kier alpha value is -2.74. The van der Waals surface area contributed by atoms with Crippen LogP contribution in [0.3, 0.4) is 0 Å². The Kier molecular flexibility index (Phi) is 5.03. The summed E-state index contributed by atoms with van der Waals surface area (Å²) in [7, 11) is 0. The molecule has 29 heavy (non-hydrogen) atoms. The molecule has 0 fully saturated rings. The quantitative estimate of drug-likeness (QED) is 0.713.